The van der Waals surface area contributed by atoms with E-state index >= 15 is 0 Å². The van der Waals surface area contributed by atoms with Crippen LogP contribution in [0.2, 0.25) is 0 Å². The maximum absolute atomic E-state index is 11.9. The molecule has 0 radical (unpaired) electrons. The molecule has 0 aliphatic carbocycles. The van der Waals surface area contributed by atoms with Gasteiger partial charge in [0.2, 0.25) is 0 Å². The normalized spacial score (nSPS) is 11.0. The summed E-state index contributed by atoms with van der Waals surface area (Å²) in [5.74, 6) is 0.192. The van der Waals surface area contributed by atoms with Crippen LogP contribution in [0.5, 0.6) is 5.75 Å². The summed E-state index contributed by atoms with van der Waals surface area (Å²) in [6, 6.07) is 29.9. The predicted octanol–water partition coefficient (Wildman–Crippen LogP) is 6.47. The van der Waals surface area contributed by atoms with E-state index in [1.165, 1.54) is 7.11 Å². The van der Waals surface area contributed by atoms with Crippen molar-refractivity contribution in [2.45, 2.75) is 0 Å². The second-order valence-electron chi connectivity index (χ2n) is 7.20. The van der Waals surface area contributed by atoms with Crippen molar-refractivity contribution in [2.75, 3.05) is 13.7 Å². The van der Waals surface area contributed by atoms with Crippen LogP contribution in [-0.4, -0.2) is 19.7 Å². The number of fused-ring (bicyclic) bond motifs is 3. The molecule has 0 amide bonds. The maximum Gasteiger partial charge on any atom is 0.343 e. The van der Waals surface area contributed by atoms with Crippen LogP contribution in [0.4, 0.5) is 0 Å². The molecule has 0 saturated carbocycles. The number of ether oxygens (including phenoxy) is 2. The average Bonchev–Trinajstić information content (AvgIpc) is 3.21. The van der Waals surface area contributed by atoms with Crippen molar-refractivity contribution in [3.63, 3.8) is 0 Å². The van der Waals surface area contributed by atoms with Crippen LogP contribution >= 0.6 is 0 Å². The third-order valence-electron chi connectivity index (χ3n) is 5.33. The lowest BCUT2D eigenvalue weighted by atomic mass is 9.93. The highest BCUT2D eigenvalue weighted by Crippen LogP contribution is 2.47. The lowest BCUT2D eigenvalue weighted by Gasteiger charge is -2.17. The van der Waals surface area contributed by atoms with E-state index in [1.807, 2.05) is 91.0 Å². The Hall–Kier alpha value is -4.05. The largest absolute Gasteiger partial charge is 0.481 e. The van der Waals surface area contributed by atoms with Gasteiger partial charge in [0.15, 0.2) is 6.61 Å². The Morgan fingerprint density at radius 2 is 1.45 bits per heavy atom. The van der Waals surface area contributed by atoms with Gasteiger partial charge in [-0.05, 0) is 23.3 Å². The van der Waals surface area contributed by atoms with Gasteiger partial charge in [-0.15, -0.1) is 0 Å². The molecule has 152 valence electrons. The van der Waals surface area contributed by atoms with Gasteiger partial charge in [-0.1, -0.05) is 78.9 Å². The molecule has 0 saturated heterocycles. The van der Waals surface area contributed by atoms with Crippen molar-refractivity contribution in [1.29, 1.82) is 0 Å². The van der Waals surface area contributed by atoms with E-state index in [0.717, 1.165) is 44.2 Å². The van der Waals surface area contributed by atoms with Gasteiger partial charge in [0.25, 0.3) is 0 Å². The lowest BCUT2D eigenvalue weighted by Crippen LogP contribution is -2.13. The molecule has 0 bridgehead atoms. The molecule has 0 spiro atoms. The van der Waals surface area contributed by atoms with E-state index in [9.17, 15) is 4.79 Å². The van der Waals surface area contributed by atoms with Gasteiger partial charge in [-0.3, -0.25) is 0 Å². The number of carbonyl (C=O) groups is 1. The third kappa shape index (κ3) is 3.42. The Morgan fingerprint density at radius 3 is 2.16 bits per heavy atom. The molecular weight excluding hydrogens is 388 g/mol. The van der Waals surface area contributed by atoms with Crippen LogP contribution in [0.3, 0.4) is 0 Å². The Bertz CT molecular complexity index is 1370. The molecule has 0 fully saturated rings. The van der Waals surface area contributed by atoms with Crippen molar-refractivity contribution >= 4 is 27.9 Å². The van der Waals surface area contributed by atoms with Crippen LogP contribution in [0.1, 0.15) is 0 Å². The van der Waals surface area contributed by atoms with Gasteiger partial charge >= 0.3 is 5.97 Å². The molecule has 4 heteroatoms. The second-order valence-corrected chi connectivity index (χ2v) is 7.20. The Balaban J connectivity index is 1.89. The van der Waals surface area contributed by atoms with E-state index in [-0.39, 0.29) is 6.61 Å². The smallest absolute Gasteiger partial charge is 0.343 e. The summed E-state index contributed by atoms with van der Waals surface area (Å²) in [5.41, 5.74) is 5.28. The first kappa shape index (κ1) is 18.9. The van der Waals surface area contributed by atoms with Gasteiger partial charge in [0.1, 0.15) is 16.9 Å². The summed E-state index contributed by atoms with van der Waals surface area (Å²) in [6.07, 6.45) is 0. The predicted molar refractivity (Wildman–Crippen MR) is 122 cm³/mol. The molecule has 0 atom stereocenters. The zero-order chi connectivity index (χ0) is 21.2. The maximum atomic E-state index is 11.9. The zero-order valence-corrected chi connectivity index (χ0v) is 17.0. The van der Waals surface area contributed by atoms with Gasteiger partial charge < -0.3 is 13.9 Å². The first-order valence-corrected chi connectivity index (χ1v) is 10.0. The summed E-state index contributed by atoms with van der Waals surface area (Å²) in [4.78, 5) is 11.9. The molecule has 5 rings (SSSR count). The number of esters is 1. The summed E-state index contributed by atoms with van der Waals surface area (Å²) in [5, 5.41) is 1.96. The molecule has 4 nitrogen and oxygen atoms in total. The summed E-state index contributed by atoms with van der Waals surface area (Å²) in [6.45, 7) is -0.183. The summed E-state index contributed by atoms with van der Waals surface area (Å²) in [7, 11) is 1.36. The van der Waals surface area contributed by atoms with Crippen LogP contribution in [0, 0.1) is 0 Å². The minimum Gasteiger partial charge on any atom is -0.481 e. The fourth-order valence-corrected chi connectivity index (χ4v) is 3.92. The van der Waals surface area contributed by atoms with E-state index < -0.39 is 5.97 Å². The van der Waals surface area contributed by atoms with E-state index in [1.54, 1.807) is 0 Å². The standard InChI is InChI=1S/C27H20O4/c1-29-24(28)17-30-27-21(18-10-4-2-5-11-18)16-23-26(20-14-8-9-15-22(20)31-23)25(27)19-12-6-3-7-13-19/h2-16H,17H2,1H3. The Morgan fingerprint density at radius 1 is 0.806 bits per heavy atom. The fraction of sp³-hybridized carbons (Fsp3) is 0.0741. The lowest BCUT2D eigenvalue weighted by molar-refractivity contribution is -0.142. The molecule has 1 heterocycles. The first-order chi connectivity index (χ1) is 15.3. The SMILES string of the molecule is COC(=O)COc1c(-c2ccccc2)cc2oc3ccccc3c2c1-c1ccccc1. The van der Waals surface area contributed by atoms with Gasteiger partial charge in [-0.25, -0.2) is 4.79 Å². The number of hydrogen-bond acceptors (Lipinski definition) is 4. The molecule has 0 aliphatic rings. The monoisotopic (exact) mass is 408 g/mol. The average molecular weight is 408 g/mol. The highest BCUT2D eigenvalue weighted by atomic mass is 16.6. The Labute approximate surface area is 179 Å². The number of para-hydroxylation sites is 1. The van der Waals surface area contributed by atoms with Crippen LogP contribution in [0.15, 0.2) is 95.4 Å². The Kier molecular flexibility index (Phi) is 4.89. The van der Waals surface area contributed by atoms with Crippen molar-refractivity contribution in [2.24, 2.45) is 0 Å². The minimum atomic E-state index is -0.435. The van der Waals surface area contributed by atoms with Crippen molar-refractivity contribution < 1.29 is 18.7 Å². The third-order valence-corrected chi connectivity index (χ3v) is 5.33. The van der Waals surface area contributed by atoms with Crippen molar-refractivity contribution in [3.05, 3.63) is 91.0 Å². The fourth-order valence-electron chi connectivity index (χ4n) is 3.92. The number of hydrogen-bond donors (Lipinski definition) is 0. The highest BCUT2D eigenvalue weighted by molar-refractivity contribution is 6.16. The van der Waals surface area contributed by atoms with Gasteiger partial charge in [-0.2, -0.15) is 0 Å². The van der Waals surface area contributed by atoms with Gasteiger partial charge in [0.05, 0.1) is 7.11 Å². The molecule has 31 heavy (non-hydrogen) atoms. The van der Waals surface area contributed by atoms with Crippen LogP contribution in [-0.2, 0) is 9.53 Å². The number of rotatable bonds is 5. The number of methoxy groups -OCH3 is 1. The van der Waals surface area contributed by atoms with E-state index in [4.69, 9.17) is 13.9 Å². The molecule has 0 aliphatic heterocycles. The molecule has 1 aromatic heterocycles. The minimum absolute atomic E-state index is 0.183. The van der Waals surface area contributed by atoms with Crippen LogP contribution in [0.25, 0.3) is 44.2 Å². The summed E-state index contributed by atoms with van der Waals surface area (Å²) >= 11 is 0. The van der Waals surface area contributed by atoms with Crippen molar-refractivity contribution in [3.8, 4) is 28.0 Å². The molecule has 0 unspecified atom stereocenters. The quantitative estimate of drug-likeness (QED) is 0.313. The number of furan rings is 1. The molecular formula is C27H20O4. The van der Waals surface area contributed by atoms with Crippen LogP contribution < -0.4 is 4.74 Å². The molecule has 0 N–H and O–H groups in total. The van der Waals surface area contributed by atoms with Gasteiger partial charge in [0, 0.05) is 21.9 Å². The number of carbonyl (C=O) groups excluding carboxylic acids is 1. The van der Waals surface area contributed by atoms with E-state index in [0.29, 0.717) is 5.75 Å². The number of benzene rings is 4. The highest BCUT2D eigenvalue weighted by Gasteiger charge is 2.22. The second kappa shape index (κ2) is 8.00. The van der Waals surface area contributed by atoms with Crippen molar-refractivity contribution in [1.82, 2.24) is 0 Å². The first-order valence-electron chi connectivity index (χ1n) is 10.0. The van der Waals surface area contributed by atoms with E-state index in [2.05, 4.69) is 0 Å². The zero-order valence-electron chi connectivity index (χ0n) is 17.0. The molecule has 4 aromatic carbocycles. The summed E-state index contributed by atoms with van der Waals surface area (Å²) < 4.78 is 17.2. The topological polar surface area (TPSA) is 48.7 Å². The molecule has 5 aromatic rings.